The van der Waals surface area contributed by atoms with Crippen molar-refractivity contribution in [3.63, 3.8) is 0 Å². The predicted molar refractivity (Wildman–Crippen MR) is 93.6 cm³/mol. The number of benzene rings is 1. The molecule has 126 valence electrons. The van der Waals surface area contributed by atoms with Gasteiger partial charge in [-0.3, -0.25) is 4.90 Å². The molecule has 1 unspecified atom stereocenters. The summed E-state index contributed by atoms with van der Waals surface area (Å²) in [5.74, 6) is 1.25. The zero-order valence-electron chi connectivity index (χ0n) is 13.8. The first kappa shape index (κ1) is 15.7. The molecule has 1 atom stereocenters. The number of morpholine rings is 1. The van der Waals surface area contributed by atoms with Crippen molar-refractivity contribution >= 4 is 16.3 Å². The van der Waals surface area contributed by atoms with E-state index in [1.54, 1.807) is 11.3 Å². The Morgan fingerprint density at radius 2 is 1.96 bits per heavy atom. The number of rotatable bonds is 5. The Bertz CT molecular complexity index is 794. The molecule has 0 radical (unpaired) electrons. The molecule has 4 rings (SSSR count). The molecule has 0 spiro atoms. The van der Waals surface area contributed by atoms with Gasteiger partial charge in [-0.25, -0.2) is 0 Å². The lowest BCUT2D eigenvalue weighted by molar-refractivity contribution is 0.0353. The van der Waals surface area contributed by atoms with Gasteiger partial charge in [0.25, 0.3) is 0 Å². The molecular weight excluding hydrogens is 322 g/mol. The summed E-state index contributed by atoms with van der Waals surface area (Å²) < 4.78 is 7.34. The molecule has 0 amide bonds. The third-order valence-electron chi connectivity index (χ3n) is 4.33. The van der Waals surface area contributed by atoms with E-state index in [9.17, 15) is 0 Å². The molecule has 1 aromatic carbocycles. The van der Waals surface area contributed by atoms with Crippen LogP contribution in [0.25, 0.3) is 4.96 Å². The summed E-state index contributed by atoms with van der Waals surface area (Å²) in [4.78, 5) is 3.30. The number of ether oxygens (including phenoxy) is 1. The average Bonchev–Trinajstić information content (AvgIpc) is 3.16. The zero-order valence-corrected chi connectivity index (χ0v) is 14.6. The molecule has 0 aliphatic carbocycles. The Hall–Kier alpha value is -1.83. The first-order valence-corrected chi connectivity index (χ1v) is 9.16. The third-order valence-corrected chi connectivity index (χ3v) is 5.23. The van der Waals surface area contributed by atoms with Crippen LogP contribution in [0.15, 0.2) is 30.3 Å². The Balaban J connectivity index is 1.51. The average molecular weight is 343 g/mol. The molecule has 3 aromatic rings. The highest BCUT2D eigenvalue weighted by Crippen LogP contribution is 2.21. The fourth-order valence-corrected chi connectivity index (χ4v) is 3.95. The fraction of sp³-hybridized carbons (Fsp3) is 0.471. The number of hydrogen-bond acceptors (Lipinski definition) is 6. The van der Waals surface area contributed by atoms with E-state index in [4.69, 9.17) is 9.84 Å². The van der Waals surface area contributed by atoms with E-state index in [1.165, 1.54) is 5.56 Å². The van der Waals surface area contributed by atoms with Crippen LogP contribution in [0, 0.1) is 0 Å². The second-order valence-corrected chi connectivity index (χ2v) is 7.27. The SMILES string of the molecule is CC(CN1CCOCC1)c1nnc2sc(Cc3ccccc3)nn12. The maximum atomic E-state index is 5.42. The topological polar surface area (TPSA) is 55.5 Å². The minimum absolute atomic E-state index is 0.296. The molecule has 1 fully saturated rings. The van der Waals surface area contributed by atoms with E-state index in [2.05, 4.69) is 46.3 Å². The van der Waals surface area contributed by atoms with Gasteiger partial charge in [0.05, 0.1) is 13.2 Å². The van der Waals surface area contributed by atoms with Crippen LogP contribution < -0.4 is 0 Å². The van der Waals surface area contributed by atoms with E-state index in [0.29, 0.717) is 5.92 Å². The van der Waals surface area contributed by atoms with Crippen molar-refractivity contribution in [1.29, 1.82) is 0 Å². The van der Waals surface area contributed by atoms with Gasteiger partial charge in [-0.1, -0.05) is 48.6 Å². The maximum Gasteiger partial charge on any atom is 0.234 e. The van der Waals surface area contributed by atoms with Gasteiger partial charge in [-0.05, 0) is 5.56 Å². The normalized spacial score (nSPS) is 17.4. The van der Waals surface area contributed by atoms with Gasteiger partial charge >= 0.3 is 0 Å². The van der Waals surface area contributed by atoms with Crippen molar-refractivity contribution in [1.82, 2.24) is 24.7 Å². The lowest BCUT2D eigenvalue weighted by atomic mass is 10.1. The summed E-state index contributed by atoms with van der Waals surface area (Å²) in [5.41, 5.74) is 1.27. The van der Waals surface area contributed by atoms with Gasteiger partial charge in [0, 0.05) is 32.0 Å². The zero-order chi connectivity index (χ0) is 16.4. The van der Waals surface area contributed by atoms with E-state index in [0.717, 1.165) is 55.1 Å². The van der Waals surface area contributed by atoms with Crippen LogP contribution in [0.1, 0.15) is 29.2 Å². The summed E-state index contributed by atoms with van der Waals surface area (Å²) in [6.45, 7) is 6.78. The monoisotopic (exact) mass is 343 g/mol. The smallest absolute Gasteiger partial charge is 0.234 e. The highest BCUT2D eigenvalue weighted by Gasteiger charge is 2.21. The summed E-state index contributed by atoms with van der Waals surface area (Å²) in [6, 6.07) is 10.4. The minimum Gasteiger partial charge on any atom is -0.379 e. The number of hydrogen-bond donors (Lipinski definition) is 0. The fourth-order valence-electron chi connectivity index (χ4n) is 3.07. The van der Waals surface area contributed by atoms with Crippen LogP contribution in [0.3, 0.4) is 0 Å². The Labute approximate surface area is 145 Å². The first-order valence-electron chi connectivity index (χ1n) is 8.34. The minimum atomic E-state index is 0.296. The Morgan fingerprint density at radius 1 is 1.17 bits per heavy atom. The molecule has 2 aromatic heterocycles. The molecule has 0 N–H and O–H groups in total. The van der Waals surface area contributed by atoms with Gasteiger partial charge in [0.2, 0.25) is 4.96 Å². The molecule has 3 heterocycles. The maximum absolute atomic E-state index is 5.42. The lowest BCUT2D eigenvalue weighted by Crippen LogP contribution is -2.38. The number of nitrogens with zero attached hydrogens (tertiary/aromatic N) is 5. The summed E-state index contributed by atoms with van der Waals surface area (Å²) in [6.07, 6.45) is 0.839. The molecular formula is C17H21N5OS. The summed E-state index contributed by atoms with van der Waals surface area (Å²) >= 11 is 1.62. The van der Waals surface area contributed by atoms with E-state index in [1.807, 2.05) is 10.6 Å². The number of aromatic nitrogens is 4. The van der Waals surface area contributed by atoms with Gasteiger partial charge in [-0.2, -0.15) is 9.61 Å². The van der Waals surface area contributed by atoms with Gasteiger partial charge in [0.1, 0.15) is 5.01 Å². The highest BCUT2D eigenvalue weighted by atomic mass is 32.1. The Morgan fingerprint density at radius 3 is 2.75 bits per heavy atom. The molecule has 0 saturated carbocycles. The molecule has 1 aliphatic heterocycles. The quantitative estimate of drug-likeness (QED) is 0.711. The van der Waals surface area contributed by atoms with Crippen LogP contribution in [0.4, 0.5) is 0 Å². The van der Waals surface area contributed by atoms with Crippen LogP contribution in [-0.2, 0) is 11.2 Å². The third kappa shape index (κ3) is 3.33. The molecule has 1 saturated heterocycles. The second-order valence-electron chi connectivity index (χ2n) is 6.22. The standard InChI is InChI=1S/C17H21N5OS/c1-13(12-21-7-9-23-10-8-21)16-18-19-17-22(16)20-15(24-17)11-14-5-3-2-4-6-14/h2-6,13H,7-12H2,1H3. The van der Waals surface area contributed by atoms with Crippen molar-refractivity contribution in [2.75, 3.05) is 32.8 Å². The molecule has 7 heteroatoms. The second kappa shape index (κ2) is 6.96. The van der Waals surface area contributed by atoms with Crippen LogP contribution in [0.2, 0.25) is 0 Å². The van der Waals surface area contributed by atoms with Crippen molar-refractivity contribution in [2.45, 2.75) is 19.3 Å². The van der Waals surface area contributed by atoms with E-state index < -0.39 is 0 Å². The molecule has 0 bridgehead atoms. The van der Waals surface area contributed by atoms with Crippen molar-refractivity contribution < 1.29 is 4.74 Å². The summed E-state index contributed by atoms with van der Waals surface area (Å²) in [7, 11) is 0. The van der Waals surface area contributed by atoms with Crippen LogP contribution >= 0.6 is 11.3 Å². The first-order chi connectivity index (χ1) is 11.8. The van der Waals surface area contributed by atoms with Crippen LogP contribution in [0.5, 0.6) is 0 Å². The van der Waals surface area contributed by atoms with Crippen molar-refractivity contribution in [3.05, 3.63) is 46.7 Å². The predicted octanol–water partition coefficient (Wildman–Crippen LogP) is 2.21. The van der Waals surface area contributed by atoms with E-state index >= 15 is 0 Å². The summed E-state index contributed by atoms with van der Waals surface area (Å²) in [5, 5.41) is 14.5. The molecule has 6 nitrogen and oxygen atoms in total. The van der Waals surface area contributed by atoms with Gasteiger partial charge in [0.15, 0.2) is 5.82 Å². The molecule has 24 heavy (non-hydrogen) atoms. The van der Waals surface area contributed by atoms with Crippen molar-refractivity contribution in [3.8, 4) is 0 Å². The van der Waals surface area contributed by atoms with Crippen molar-refractivity contribution in [2.24, 2.45) is 0 Å². The number of fused-ring (bicyclic) bond motifs is 1. The van der Waals surface area contributed by atoms with Crippen LogP contribution in [-0.4, -0.2) is 57.6 Å². The van der Waals surface area contributed by atoms with Gasteiger partial charge < -0.3 is 4.74 Å². The largest absolute Gasteiger partial charge is 0.379 e. The van der Waals surface area contributed by atoms with Gasteiger partial charge in [-0.15, -0.1) is 10.2 Å². The van der Waals surface area contributed by atoms with E-state index in [-0.39, 0.29) is 0 Å². The Kier molecular flexibility index (Phi) is 4.55. The highest BCUT2D eigenvalue weighted by molar-refractivity contribution is 7.16. The molecule has 1 aliphatic rings. The lowest BCUT2D eigenvalue weighted by Gasteiger charge is -2.28.